The molecule has 1 aliphatic rings. The number of hydrogen-bond acceptors (Lipinski definition) is 2. The van der Waals surface area contributed by atoms with Crippen LogP contribution in [-0.2, 0) is 13.0 Å². The van der Waals surface area contributed by atoms with Crippen LogP contribution < -0.4 is 5.56 Å². The van der Waals surface area contributed by atoms with Gasteiger partial charge in [-0.3, -0.25) is 9.50 Å². The Kier molecular flexibility index (Phi) is 4.91. The van der Waals surface area contributed by atoms with E-state index in [1.165, 1.54) is 18.7 Å². The van der Waals surface area contributed by atoms with E-state index in [1.54, 1.807) is 10.6 Å². The van der Waals surface area contributed by atoms with Gasteiger partial charge in [0.05, 0.1) is 0 Å². The predicted octanol–water partition coefficient (Wildman–Crippen LogP) is 2.21. The van der Waals surface area contributed by atoms with Crippen molar-refractivity contribution in [2.24, 2.45) is 5.41 Å². The second-order valence-electron chi connectivity index (χ2n) is 6.23. The molecular formula is C15H25FN2O. The topological polar surface area (TPSA) is 25.2 Å². The number of halogens is 1. The highest BCUT2D eigenvalue weighted by Gasteiger charge is 2.33. The summed E-state index contributed by atoms with van der Waals surface area (Å²) in [6.07, 6.45) is 3.07. The number of rotatable bonds is 4. The predicted molar refractivity (Wildman–Crippen MR) is 77.5 cm³/mol. The molecule has 1 aliphatic heterocycles. The van der Waals surface area contributed by atoms with Crippen LogP contribution in [0.2, 0.25) is 0 Å². The number of nitrogens with zero attached hydrogens (tertiary/aromatic N) is 2. The van der Waals surface area contributed by atoms with Crippen LogP contribution in [0, 0.1) is 12.3 Å². The third-order valence-electron chi connectivity index (χ3n) is 3.78. The molecule has 0 aromatic carbocycles. The van der Waals surface area contributed by atoms with E-state index in [4.69, 9.17) is 0 Å². The molecule has 0 saturated carbocycles. The summed E-state index contributed by atoms with van der Waals surface area (Å²) in [6.45, 7) is 12.9. The van der Waals surface area contributed by atoms with E-state index in [-0.39, 0.29) is 10.3 Å². The van der Waals surface area contributed by atoms with Crippen LogP contribution in [0.4, 0.5) is 4.70 Å². The summed E-state index contributed by atoms with van der Waals surface area (Å²) in [6, 6.07) is 1.76. The van der Waals surface area contributed by atoms with Gasteiger partial charge in [0, 0.05) is 38.4 Å². The Labute approximate surface area is 114 Å². The second kappa shape index (κ2) is 5.87. The second-order valence-corrected chi connectivity index (χ2v) is 6.23. The molecule has 2 heterocycles. The summed E-state index contributed by atoms with van der Waals surface area (Å²) in [4.78, 5) is 14.2. The van der Waals surface area contributed by atoms with Gasteiger partial charge in [-0.15, -0.1) is 0 Å². The Morgan fingerprint density at radius 1 is 1.32 bits per heavy atom. The minimum atomic E-state index is 0. The molecule has 2 rings (SSSR count). The summed E-state index contributed by atoms with van der Waals surface area (Å²) >= 11 is 0. The van der Waals surface area contributed by atoms with Gasteiger partial charge in [0.1, 0.15) is 0 Å². The first kappa shape index (κ1) is 15.9. The van der Waals surface area contributed by atoms with E-state index < -0.39 is 0 Å². The Morgan fingerprint density at radius 2 is 1.95 bits per heavy atom. The molecule has 1 aromatic heterocycles. The standard InChI is InChI=1S/C15H24N2O.FH/c1-5-17-9-13(12(2)8-14(17)18)6-7-16-10-15(3,4)11-16;/h8-9H,5-7,10-11H2,1-4H3;1H. The molecular weight excluding hydrogens is 243 g/mol. The largest absolute Gasteiger partial charge is 0.316 e. The maximum atomic E-state index is 11.7. The minimum Gasteiger partial charge on any atom is -0.316 e. The molecule has 0 radical (unpaired) electrons. The molecule has 0 aliphatic carbocycles. The number of aryl methyl sites for hydroxylation is 2. The molecule has 0 atom stereocenters. The molecule has 108 valence electrons. The molecule has 1 saturated heterocycles. The normalized spacial score (nSPS) is 17.7. The van der Waals surface area contributed by atoms with Crippen LogP contribution >= 0.6 is 0 Å². The fraction of sp³-hybridized carbons (Fsp3) is 0.667. The van der Waals surface area contributed by atoms with E-state index >= 15 is 0 Å². The highest BCUT2D eigenvalue weighted by molar-refractivity contribution is 5.22. The number of likely N-dealkylation sites (tertiary alicyclic amines) is 1. The zero-order valence-corrected chi connectivity index (χ0v) is 12.4. The van der Waals surface area contributed by atoms with Crippen LogP contribution in [-0.4, -0.2) is 29.1 Å². The maximum absolute atomic E-state index is 11.7. The Hall–Kier alpha value is -1.16. The lowest BCUT2D eigenvalue weighted by molar-refractivity contribution is 0.0324. The van der Waals surface area contributed by atoms with Gasteiger partial charge in [-0.2, -0.15) is 0 Å². The summed E-state index contributed by atoms with van der Waals surface area (Å²) in [7, 11) is 0. The summed E-state index contributed by atoms with van der Waals surface area (Å²) in [5.41, 5.74) is 3.05. The molecule has 0 unspecified atom stereocenters. The lowest BCUT2D eigenvalue weighted by atomic mass is 9.84. The molecule has 4 heteroatoms. The molecule has 0 spiro atoms. The maximum Gasteiger partial charge on any atom is 0.250 e. The molecule has 1 aromatic rings. The smallest absolute Gasteiger partial charge is 0.250 e. The van der Waals surface area contributed by atoms with Crippen molar-refractivity contribution in [2.75, 3.05) is 19.6 Å². The highest BCUT2D eigenvalue weighted by Crippen LogP contribution is 2.28. The van der Waals surface area contributed by atoms with Crippen molar-refractivity contribution in [3.05, 3.63) is 33.7 Å². The van der Waals surface area contributed by atoms with E-state index in [1.807, 2.05) is 20.0 Å². The van der Waals surface area contributed by atoms with Crippen molar-refractivity contribution in [1.29, 1.82) is 0 Å². The number of pyridine rings is 1. The molecule has 3 nitrogen and oxygen atoms in total. The van der Waals surface area contributed by atoms with Gasteiger partial charge in [0.15, 0.2) is 0 Å². The van der Waals surface area contributed by atoms with Crippen LogP contribution in [0.15, 0.2) is 17.1 Å². The Bertz CT molecular complexity index is 485. The number of aromatic nitrogens is 1. The molecule has 0 N–H and O–H groups in total. The van der Waals surface area contributed by atoms with Gasteiger partial charge < -0.3 is 9.47 Å². The third kappa shape index (κ3) is 3.66. The van der Waals surface area contributed by atoms with Gasteiger partial charge in [-0.1, -0.05) is 13.8 Å². The van der Waals surface area contributed by atoms with Crippen LogP contribution in [0.25, 0.3) is 0 Å². The lowest BCUT2D eigenvalue weighted by Gasteiger charge is -2.46. The highest BCUT2D eigenvalue weighted by atomic mass is 19.0. The minimum absolute atomic E-state index is 0. The number of hydrogen-bond donors (Lipinski definition) is 0. The van der Waals surface area contributed by atoms with Crippen LogP contribution in [0.3, 0.4) is 0 Å². The molecule has 1 fully saturated rings. The Morgan fingerprint density at radius 3 is 2.47 bits per heavy atom. The van der Waals surface area contributed by atoms with Crippen molar-refractivity contribution in [3.8, 4) is 0 Å². The monoisotopic (exact) mass is 268 g/mol. The first-order valence-corrected chi connectivity index (χ1v) is 6.83. The zero-order chi connectivity index (χ0) is 13.3. The van der Waals surface area contributed by atoms with Crippen molar-refractivity contribution >= 4 is 0 Å². The van der Waals surface area contributed by atoms with Crippen molar-refractivity contribution in [1.82, 2.24) is 9.47 Å². The quantitative estimate of drug-likeness (QED) is 0.836. The van der Waals surface area contributed by atoms with Gasteiger partial charge in [-0.25, -0.2) is 0 Å². The lowest BCUT2D eigenvalue weighted by Crippen LogP contribution is -2.53. The zero-order valence-electron chi connectivity index (χ0n) is 12.4. The summed E-state index contributed by atoms with van der Waals surface area (Å²) in [5, 5.41) is 0. The average Bonchev–Trinajstić information content (AvgIpc) is 2.25. The first-order valence-electron chi connectivity index (χ1n) is 6.83. The van der Waals surface area contributed by atoms with Crippen molar-refractivity contribution in [3.63, 3.8) is 0 Å². The van der Waals surface area contributed by atoms with E-state index in [0.717, 1.165) is 25.1 Å². The molecule has 0 bridgehead atoms. The molecule has 0 amide bonds. The van der Waals surface area contributed by atoms with Gasteiger partial charge in [-0.05, 0) is 36.8 Å². The Balaban J connectivity index is 0.00000180. The van der Waals surface area contributed by atoms with Gasteiger partial charge >= 0.3 is 0 Å². The summed E-state index contributed by atoms with van der Waals surface area (Å²) in [5.74, 6) is 0. The molecule has 19 heavy (non-hydrogen) atoms. The van der Waals surface area contributed by atoms with E-state index in [2.05, 4.69) is 18.7 Å². The fourth-order valence-corrected chi connectivity index (χ4v) is 2.82. The van der Waals surface area contributed by atoms with Crippen molar-refractivity contribution < 1.29 is 4.70 Å². The van der Waals surface area contributed by atoms with Gasteiger partial charge in [0.25, 0.3) is 5.56 Å². The van der Waals surface area contributed by atoms with Gasteiger partial charge in [0.2, 0.25) is 0 Å². The van der Waals surface area contributed by atoms with Crippen LogP contribution in [0.1, 0.15) is 31.9 Å². The fourth-order valence-electron chi connectivity index (χ4n) is 2.82. The van der Waals surface area contributed by atoms with Crippen LogP contribution in [0.5, 0.6) is 0 Å². The van der Waals surface area contributed by atoms with E-state index in [9.17, 15) is 4.79 Å². The first-order chi connectivity index (χ1) is 8.41. The SMILES string of the molecule is CCn1cc(CCN2CC(C)(C)C2)c(C)cc1=O.F. The average molecular weight is 268 g/mol. The summed E-state index contributed by atoms with van der Waals surface area (Å²) < 4.78 is 1.79. The van der Waals surface area contributed by atoms with Crippen molar-refractivity contribution in [2.45, 2.75) is 40.7 Å². The third-order valence-corrected chi connectivity index (χ3v) is 3.78. The van der Waals surface area contributed by atoms with E-state index in [0.29, 0.717) is 5.41 Å².